The second kappa shape index (κ2) is 14.1. The van der Waals surface area contributed by atoms with E-state index in [2.05, 4.69) is 188 Å². The number of aromatic nitrogens is 3. The molecule has 11 rings (SSSR count). The fraction of sp³-hybridized carbons (Fsp3) is 0. The molecule has 0 aliphatic carbocycles. The average Bonchev–Trinajstić information content (AvgIpc) is 3.31. The Morgan fingerprint density at radius 1 is 0.241 bits per heavy atom. The molecule has 58 heavy (non-hydrogen) atoms. The molecule has 3 nitrogen and oxygen atoms in total. The van der Waals surface area contributed by atoms with Crippen molar-refractivity contribution in [2.75, 3.05) is 0 Å². The summed E-state index contributed by atoms with van der Waals surface area (Å²) in [5.41, 5.74) is 12.4. The maximum absolute atomic E-state index is 5.41. The summed E-state index contributed by atoms with van der Waals surface area (Å²) in [6.45, 7) is 0. The second-order valence-electron chi connectivity index (χ2n) is 14.8. The molecule has 0 saturated heterocycles. The van der Waals surface area contributed by atoms with Gasteiger partial charge in [0.1, 0.15) is 0 Å². The predicted octanol–water partition coefficient (Wildman–Crippen LogP) is 14.5. The fourth-order valence-corrected chi connectivity index (χ4v) is 8.46. The molecule has 0 radical (unpaired) electrons. The van der Waals surface area contributed by atoms with Gasteiger partial charge in [-0.3, -0.25) is 0 Å². The van der Waals surface area contributed by atoms with Gasteiger partial charge in [-0.05, 0) is 68.1 Å². The van der Waals surface area contributed by atoms with Crippen LogP contribution in [-0.4, -0.2) is 15.0 Å². The summed E-state index contributed by atoms with van der Waals surface area (Å²) >= 11 is 0. The van der Waals surface area contributed by atoms with Gasteiger partial charge < -0.3 is 0 Å². The molecule has 270 valence electrons. The van der Waals surface area contributed by atoms with Crippen molar-refractivity contribution in [3.8, 4) is 67.4 Å². The van der Waals surface area contributed by atoms with Gasteiger partial charge in [0.2, 0.25) is 0 Å². The molecule has 3 heteroatoms. The van der Waals surface area contributed by atoms with Crippen LogP contribution in [0.4, 0.5) is 0 Å². The third-order valence-corrected chi connectivity index (χ3v) is 11.2. The highest BCUT2D eigenvalue weighted by Crippen LogP contribution is 2.43. The van der Waals surface area contributed by atoms with Crippen LogP contribution in [0.5, 0.6) is 0 Å². The van der Waals surface area contributed by atoms with E-state index in [4.69, 9.17) is 15.0 Å². The first kappa shape index (κ1) is 33.6. The quantitative estimate of drug-likeness (QED) is 0.160. The Hall–Kier alpha value is -7.75. The van der Waals surface area contributed by atoms with Crippen molar-refractivity contribution in [1.82, 2.24) is 15.0 Å². The zero-order valence-corrected chi connectivity index (χ0v) is 31.5. The Kier molecular flexibility index (Phi) is 8.15. The third-order valence-electron chi connectivity index (χ3n) is 11.2. The summed E-state index contributed by atoms with van der Waals surface area (Å²) in [4.78, 5) is 15.7. The van der Waals surface area contributed by atoms with Crippen molar-refractivity contribution in [1.29, 1.82) is 0 Å². The standard InChI is InChI=1S/C55H35N3/c1-3-15-36(16-4-1)37-29-31-38(32-30-37)50-35-51(58-55(57-50)39-17-5-2-6-18-39)42-21-13-19-40(33-42)41-20-14-22-43(34-41)54-53-47-26-10-8-24-45(47)44-23-7-9-25-46(44)52(53)48-27-11-12-28-49(48)56-54/h1-35H. The molecule has 0 saturated carbocycles. The topological polar surface area (TPSA) is 38.7 Å². The van der Waals surface area contributed by atoms with Crippen LogP contribution in [0.25, 0.3) is 111 Å². The summed E-state index contributed by atoms with van der Waals surface area (Å²) in [6.07, 6.45) is 0. The highest BCUT2D eigenvalue weighted by Gasteiger charge is 2.18. The van der Waals surface area contributed by atoms with Crippen LogP contribution in [0, 0.1) is 0 Å². The summed E-state index contributed by atoms with van der Waals surface area (Å²) in [5, 5.41) is 8.53. The van der Waals surface area contributed by atoms with E-state index in [1.165, 1.54) is 48.8 Å². The van der Waals surface area contributed by atoms with Crippen LogP contribution in [0.2, 0.25) is 0 Å². The maximum Gasteiger partial charge on any atom is 0.160 e. The predicted molar refractivity (Wildman–Crippen MR) is 242 cm³/mol. The second-order valence-corrected chi connectivity index (χ2v) is 14.8. The molecule has 0 aliphatic rings. The molecule has 0 amide bonds. The molecule has 2 heterocycles. The number of fused-ring (bicyclic) bond motifs is 8. The maximum atomic E-state index is 5.41. The van der Waals surface area contributed by atoms with Gasteiger partial charge in [-0.2, -0.15) is 0 Å². The molecular weight excluding hydrogens is 703 g/mol. The summed E-state index contributed by atoms with van der Waals surface area (Å²) in [5.74, 6) is 0.696. The first-order chi connectivity index (χ1) is 28.7. The van der Waals surface area contributed by atoms with Gasteiger partial charge in [0.05, 0.1) is 22.6 Å². The van der Waals surface area contributed by atoms with Crippen molar-refractivity contribution in [3.63, 3.8) is 0 Å². The number of nitrogens with zero attached hydrogens (tertiary/aromatic N) is 3. The minimum atomic E-state index is 0.696. The van der Waals surface area contributed by atoms with Crippen molar-refractivity contribution in [3.05, 3.63) is 212 Å². The number of hydrogen-bond donors (Lipinski definition) is 0. The van der Waals surface area contributed by atoms with E-state index in [0.717, 1.165) is 56.0 Å². The normalized spacial score (nSPS) is 11.4. The molecule has 0 fully saturated rings. The molecule has 0 spiro atoms. The SMILES string of the molecule is c1ccc(-c2ccc(-c3cc(-c4cccc(-c5cccc(-c6nc7ccccc7c7c8ccccc8c8ccccc8c67)c5)c4)nc(-c4ccccc4)n3)cc2)cc1. The first-order valence-corrected chi connectivity index (χ1v) is 19.7. The summed E-state index contributed by atoms with van der Waals surface area (Å²) < 4.78 is 0. The van der Waals surface area contributed by atoms with Crippen LogP contribution < -0.4 is 0 Å². The van der Waals surface area contributed by atoms with Crippen LogP contribution >= 0.6 is 0 Å². The molecule has 0 N–H and O–H groups in total. The van der Waals surface area contributed by atoms with Gasteiger partial charge in [-0.1, -0.05) is 188 Å². The summed E-state index contributed by atoms with van der Waals surface area (Å²) in [6, 6.07) is 75.0. The molecule has 0 unspecified atom stereocenters. The molecule has 0 aliphatic heterocycles. The number of para-hydroxylation sites is 1. The minimum Gasteiger partial charge on any atom is -0.247 e. The lowest BCUT2D eigenvalue weighted by atomic mass is 9.89. The van der Waals surface area contributed by atoms with Crippen LogP contribution in [-0.2, 0) is 0 Å². The first-order valence-electron chi connectivity index (χ1n) is 19.7. The Balaban J connectivity index is 1.05. The van der Waals surface area contributed by atoms with Crippen molar-refractivity contribution in [2.24, 2.45) is 0 Å². The molecule has 0 atom stereocenters. The molecule has 0 bridgehead atoms. The largest absolute Gasteiger partial charge is 0.247 e. The zero-order valence-electron chi connectivity index (χ0n) is 31.5. The lowest BCUT2D eigenvalue weighted by Gasteiger charge is -2.16. The highest BCUT2D eigenvalue weighted by atomic mass is 14.9. The lowest BCUT2D eigenvalue weighted by molar-refractivity contribution is 1.18. The van der Waals surface area contributed by atoms with Crippen molar-refractivity contribution < 1.29 is 0 Å². The Bertz CT molecular complexity index is 3320. The van der Waals surface area contributed by atoms with E-state index in [0.29, 0.717) is 5.82 Å². The molecule has 11 aromatic rings. The Labute approximate surface area is 336 Å². The number of hydrogen-bond acceptors (Lipinski definition) is 3. The van der Waals surface area contributed by atoms with E-state index >= 15 is 0 Å². The van der Waals surface area contributed by atoms with E-state index < -0.39 is 0 Å². The number of benzene rings is 9. The zero-order chi connectivity index (χ0) is 38.4. The van der Waals surface area contributed by atoms with Crippen molar-refractivity contribution >= 4 is 43.2 Å². The third kappa shape index (κ3) is 5.89. The van der Waals surface area contributed by atoms with E-state index in [9.17, 15) is 0 Å². The Morgan fingerprint density at radius 3 is 1.36 bits per heavy atom. The van der Waals surface area contributed by atoms with Gasteiger partial charge in [-0.15, -0.1) is 0 Å². The molecule has 2 aromatic heterocycles. The molecular formula is C55H35N3. The van der Waals surface area contributed by atoms with Crippen molar-refractivity contribution in [2.45, 2.75) is 0 Å². The van der Waals surface area contributed by atoms with Crippen LogP contribution in [0.15, 0.2) is 212 Å². The number of pyridine rings is 1. The van der Waals surface area contributed by atoms with Gasteiger partial charge in [0, 0.05) is 38.4 Å². The Morgan fingerprint density at radius 2 is 0.690 bits per heavy atom. The summed E-state index contributed by atoms with van der Waals surface area (Å²) in [7, 11) is 0. The smallest absolute Gasteiger partial charge is 0.160 e. The van der Waals surface area contributed by atoms with Gasteiger partial charge in [-0.25, -0.2) is 15.0 Å². The van der Waals surface area contributed by atoms with E-state index in [1.807, 2.05) is 24.3 Å². The molecule has 9 aromatic carbocycles. The van der Waals surface area contributed by atoms with Gasteiger partial charge in [0.15, 0.2) is 5.82 Å². The number of rotatable bonds is 6. The highest BCUT2D eigenvalue weighted by molar-refractivity contribution is 6.33. The van der Waals surface area contributed by atoms with E-state index in [1.54, 1.807) is 0 Å². The fourth-order valence-electron chi connectivity index (χ4n) is 8.46. The van der Waals surface area contributed by atoms with Crippen LogP contribution in [0.3, 0.4) is 0 Å². The monoisotopic (exact) mass is 737 g/mol. The van der Waals surface area contributed by atoms with E-state index in [-0.39, 0.29) is 0 Å². The van der Waals surface area contributed by atoms with Crippen LogP contribution in [0.1, 0.15) is 0 Å². The van der Waals surface area contributed by atoms with Gasteiger partial charge >= 0.3 is 0 Å². The average molecular weight is 738 g/mol. The lowest BCUT2D eigenvalue weighted by Crippen LogP contribution is -1.96. The minimum absolute atomic E-state index is 0.696. The van der Waals surface area contributed by atoms with Gasteiger partial charge in [0.25, 0.3) is 0 Å².